The Morgan fingerprint density at radius 1 is 0.897 bits per heavy atom. The van der Waals surface area contributed by atoms with E-state index >= 15 is 0 Å². The van der Waals surface area contributed by atoms with Gasteiger partial charge < -0.3 is 0 Å². The molecule has 0 aliphatic rings. The van der Waals surface area contributed by atoms with Crippen molar-refractivity contribution in [1.82, 2.24) is 4.72 Å². The molecule has 3 rings (SSSR count). The second-order valence-electron chi connectivity index (χ2n) is 6.62. The van der Waals surface area contributed by atoms with Crippen LogP contribution < -0.4 is 4.72 Å². The number of rotatable bonds is 6. The summed E-state index contributed by atoms with van der Waals surface area (Å²) in [6, 6.07) is 21.1. The summed E-state index contributed by atoms with van der Waals surface area (Å²) in [5, 5.41) is 9.67. The molecule has 3 aromatic rings. The molecule has 1 unspecified atom stereocenters. The van der Waals surface area contributed by atoms with Crippen LogP contribution in [0, 0.1) is 25.2 Å². The average Bonchev–Trinajstić information content (AvgIpc) is 2.72. The summed E-state index contributed by atoms with van der Waals surface area (Å²) in [6.45, 7) is 3.80. The van der Waals surface area contributed by atoms with E-state index < -0.39 is 26.9 Å². The van der Waals surface area contributed by atoms with E-state index in [0.29, 0.717) is 15.4 Å². The van der Waals surface area contributed by atoms with Gasteiger partial charge in [-0.05, 0) is 44.2 Å². The molecule has 3 aromatic carbocycles. The lowest BCUT2D eigenvalue weighted by atomic mass is 10.1. The van der Waals surface area contributed by atoms with Crippen molar-refractivity contribution in [2.24, 2.45) is 0 Å². The van der Waals surface area contributed by atoms with E-state index in [9.17, 15) is 17.9 Å². The SMILES string of the molecule is Cc1ccc(S(=O)c2ccccc2[C@@H](C#N)NS(=O)(=O)c2ccc(C)cc2)cc1. The van der Waals surface area contributed by atoms with Crippen molar-refractivity contribution in [3.8, 4) is 6.07 Å². The average molecular weight is 425 g/mol. The molecule has 0 bridgehead atoms. The highest BCUT2D eigenvalue weighted by Gasteiger charge is 2.25. The molecular formula is C22H20N2O3S2. The van der Waals surface area contributed by atoms with E-state index in [1.54, 1.807) is 48.5 Å². The van der Waals surface area contributed by atoms with Crippen LogP contribution in [0.2, 0.25) is 0 Å². The highest BCUT2D eigenvalue weighted by molar-refractivity contribution is 7.89. The third-order valence-corrected chi connectivity index (χ3v) is 7.31. The van der Waals surface area contributed by atoms with Gasteiger partial charge in [0.2, 0.25) is 10.0 Å². The second-order valence-corrected chi connectivity index (χ2v) is 9.78. The number of hydrogen-bond acceptors (Lipinski definition) is 4. The fourth-order valence-electron chi connectivity index (χ4n) is 2.78. The van der Waals surface area contributed by atoms with Crippen molar-refractivity contribution in [3.63, 3.8) is 0 Å². The van der Waals surface area contributed by atoms with Gasteiger partial charge in [0.25, 0.3) is 0 Å². The maximum atomic E-state index is 13.1. The minimum absolute atomic E-state index is 0.0699. The first kappa shape index (κ1) is 20.9. The van der Waals surface area contributed by atoms with E-state index in [-0.39, 0.29) is 4.90 Å². The Bertz CT molecular complexity index is 1180. The van der Waals surface area contributed by atoms with Crippen LogP contribution in [0.1, 0.15) is 22.7 Å². The van der Waals surface area contributed by atoms with Crippen molar-refractivity contribution in [2.45, 2.75) is 34.6 Å². The summed E-state index contributed by atoms with van der Waals surface area (Å²) >= 11 is 0. The van der Waals surface area contributed by atoms with Crippen molar-refractivity contribution in [2.75, 3.05) is 0 Å². The Balaban J connectivity index is 1.96. The number of sulfonamides is 1. The zero-order valence-electron chi connectivity index (χ0n) is 16.0. The fourth-order valence-corrected chi connectivity index (χ4v) is 5.14. The molecule has 0 fully saturated rings. The molecular weight excluding hydrogens is 404 g/mol. The number of benzene rings is 3. The zero-order valence-corrected chi connectivity index (χ0v) is 17.6. The number of aryl methyl sites for hydroxylation is 2. The van der Waals surface area contributed by atoms with Crippen LogP contribution in [0.15, 0.2) is 87.5 Å². The van der Waals surface area contributed by atoms with Gasteiger partial charge in [0.15, 0.2) is 0 Å². The summed E-state index contributed by atoms with van der Waals surface area (Å²) in [6.07, 6.45) is 0. The normalized spacial score (nSPS) is 13.4. The highest BCUT2D eigenvalue weighted by Crippen LogP contribution is 2.26. The van der Waals surface area contributed by atoms with Gasteiger partial charge in [0.05, 0.1) is 21.8 Å². The van der Waals surface area contributed by atoms with Crippen LogP contribution in [0.25, 0.3) is 0 Å². The Morgan fingerprint density at radius 3 is 2.03 bits per heavy atom. The predicted molar refractivity (Wildman–Crippen MR) is 112 cm³/mol. The van der Waals surface area contributed by atoms with Gasteiger partial charge in [-0.25, -0.2) is 12.6 Å². The Hall–Kier alpha value is -2.79. The van der Waals surface area contributed by atoms with E-state index in [0.717, 1.165) is 11.1 Å². The molecule has 0 amide bonds. The highest BCUT2D eigenvalue weighted by atomic mass is 32.2. The number of nitrogens with one attached hydrogen (secondary N) is 1. The van der Waals surface area contributed by atoms with E-state index in [1.165, 1.54) is 12.1 Å². The Kier molecular flexibility index (Phi) is 6.28. The molecule has 148 valence electrons. The number of nitriles is 1. The summed E-state index contributed by atoms with van der Waals surface area (Å²) in [5.74, 6) is 0. The van der Waals surface area contributed by atoms with Crippen LogP contribution in [0.3, 0.4) is 0 Å². The van der Waals surface area contributed by atoms with Crippen LogP contribution in [-0.4, -0.2) is 12.6 Å². The summed E-state index contributed by atoms with van der Waals surface area (Å²) in [7, 11) is -5.47. The lowest BCUT2D eigenvalue weighted by Crippen LogP contribution is -2.28. The van der Waals surface area contributed by atoms with Gasteiger partial charge in [-0.15, -0.1) is 0 Å². The van der Waals surface area contributed by atoms with Gasteiger partial charge in [-0.1, -0.05) is 53.6 Å². The molecule has 1 N–H and O–H groups in total. The largest absolute Gasteiger partial charge is 0.249 e. The molecule has 2 atom stereocenters. The van der Waals surface area contributed by atoms with E-state index in [1.807, 2.05) is 32.0 Å². The molecule has 0 saturated carbocycles. The van der Waals surface area contributed by atoms with Crippen molar-refractivity contribution < 1.29 is 12.6 Å². The molecule has 0 aromatic heterocycles. The van der Waals surface area contributed by atoms with Gasteiger partial charge in [-0.2, -0.15) is 9.98 Å². The standard InChI is InChI=1S/C22H20N2O3S2/c1-16-7-11-18(12-8-16)28(25)22-6-4-3-5-20(22)21(15-23)24-29(26,27)19-13-9-17(2)10-14-19/h3-14,21,24H,1-2H3/t21-,28?/m1/s1. The van der Waals surface area contributed by atoms with E-state index in [4.69, 9.17) is 0 Å². The van der Waals surface area contributed by atoms with Gasteiger partial charge in [0, 0.05) is 15.4 Å². The van der Waals surface area contributed by atoms with Crippen molar-refractivity contribution in [1.29, 1.82) is 5.26 Å². The molecule has 7 heteroatoms. The second kappa shape index (κ2) is 8.70. The smallest absolute Gasteiger partial charge is 0.242 e. The van der Waals surface area contributed by atoms with Gasteiger partial charge in [0.1, 0.15) is 6.04 Å². The maximum absolute atomic E-state index is 13.1. The van der Waals surface area contributed by atoms with Crippen LogP contribution in [0.5, 0.6) is 0 Å². The molecule has 0 radical (unpaired) electrons. The van der Waals surface area contributed by atoms with Crippen LogP contribution >= 0.6 is 0 Å². The third kappa shape index (κ3) is 4.80. The molecule has 0 saturated heterocycles. The fraction of sp³-hybridized carbons (Fsp3) is 0.136. The lowest BCUT2D eigenvalue weighted by Gasteiger charge is -2.16. The number of hydrogen-bond donors (Lipinski definition) is 1. The molecule has 5 nitrogen and oxygen atoms in total. The van der Waals surface area contributed by atoms with Gasteiger partial charge >= 0.3 is 0 Å². The molecule has 0 aliphatic carbocycles. The molecule has 0 aliphatic heterocycles. The Morgan fingerprint density at radius 2 is 1.45 bits per heavy atom. The van der Waals surface area contributed by atoms with Gasteiger partial charge in [-0.3, -0.25) is 0 Å². The first-order valence-corrected chi connectivity index (χ1v) is 11.5. The zero-order chi connectivity index (χ0) is 21.0. The summed E-state index contributed by atoms with van der Waals surface area (Å²) in [5.41, 5.74) is 2.34. The van der Waals surface area contributed by atoms with Crippen LogP contribution in [-0.2, 0) is 20.8 Å². The Labute approximate surface area is 173 Å². The van der Waals surface area contributed by atoms with Crippen LogP contribution in [0.4, 0.5) is 0 Å². The predicted octanol–water partition coefficient (Wildman–Crippen LogP) is 4.01. The quantitative estimate of drug-likeness (QED) is 0.648. The molecule has 0 spiro atoms. The maximum Gasteiger partial charge on any atom is 0.242 e. The van der Waals surface area contributed by atoms with E-state index in [2.05, 4.69) is 4.72 Å². The number of nitrogens with zero attached hydrogens (tertiary/aromatic N) is 1. The van der Waals surface area contributed by atoms with Crippen molar-refractivity contribution >= 4 is 20.8 Å². The minimum Gasteiger partial charge on any atom is -0.249 e. The lowest BCUT2D eigenvalue weighted by molar-refractivity contribution is 0.574. The topological polar surface area (TPSA) is 87.0 Å². The minimum atomic E-state index is -3.92. The summed E-state index contributed by atoms with van der Waals surface area (Å²) < 4.78 is 41.0. The third-order valence-electron chi connectivity index (χ3n) is 4.40. The summed E-state index contributed by atoms with van der Waals surface area (Å²) in [4.78, 5) is 1.05. The monoisotopic (exact) mass is 424 g/mol. The first-order chi connectivity index (χ1) is 13.8. The van der Waals surface area contributed by atoms with Crippen molar-refractivity contribution in [3.05, 3.63) is 89.5 Å². The first-order valence-electron chi connectivity index (χ1n) is 8.88. The molecule has 29 heavy (non-hydrogen) atoms. The molecule has 0 heterocycles.